The van der Waals surface area contributed by atoms with E-state index in [9.17, 15) is 8.42 Å². The summed E-state index contributed by atoms with van der Waals surface area (Å²) in [7, 11) is -3.37. The lowest BCUT2D eigenvalue weighted by Gasteiger charge is -2.11. The number of nitrogens with one attached hydrogen (secondary N) is 1. The first-order valence-electron chi connectivity index (χ1n) is 5.72. The van der Waals surface area contributed by atoms with E-state index >= 15 is 0 Å². The van der Waals surface area contributed by atoms with Crippen LogP contribution in [0.25, 0.3) is 0 Å². The van der Waals surface area contributed by atoms with Gasteiger partial charge in [0, 0.05) is 11.9 Å². The Bertz CT molecular complexity index is 474. The van der Waals surface area contributed by atoms with E-state index in [2.05, 4.69) is 4.72 Å². The van der Waals surface area contributed by atoms with Gasteiger partial charge in [-0.1, -0.05) is 19.9 Å². The van der Waals surface area contributed by atoms with Crippen molar-refractivity contribution in [3.63, 3.8) is 0 Å². The van der Waals surface area contributed by atoms with Crippen LogP contribution in [0, 0.1) is 5.92 Å². The Kier molecular flexibility index (Phi) is 5.75. The highest BCUT2D eigenvalue weighted by molar-refractivity contribution is 7.92. The summed E-state index contributed by atoms with van der Waals surface area (Å²) in [6, 6.07) is 6.87. The van der Waals surface area contributed by atoms with Crippen LogP contribution in [-0.2, 0) is 10.0 Å². The Labute approximate surface area is 113 Å². The van der Waals surface area contributed by atoms with Crippen LogP contribution in [0.5, 0.6) is 5.75 Å². The largest absolute Gasteiger partial charge is 0.493 e. The predicted octanol–water partition coefficient (Wildman–Crippen LogP) is 2.70. The summed E-state index contributed by atoms with van der Waals surface area (Å²) >= 11 is 5.42. The number of anilines is 1. The van der Waals surface area contributed by atoms with Gasteiger partial charge in [-0.3, -0.25) is 4.72 Å². The third-order valence-electron chi connectivity index (χ3n) is 2.04. The molecule has 1 aromatic carbocycles. The van der Waals surface area contributed by atoms with Gasteiger partial charge in [-0.05, 0) is 18.1 Å². The summed E-state index contributed by atoms with van der Waals surface area (Å²) in [5.41, 5.74) is 0.487. The summed E-state index contributed by atoms with van der Waals surface area (Å²) in [5.74, 6) is 1.03. The van der Waals surface area contributed by atoms with Crippen molar-refractivity contribution in [2.75, 3.05) is 23.0 Å². The van der Waals surface area contributed by atoms with E-state index in [0.29, 0.717) is 24.0 Å². The van der Waals surface area contributed by atoms with Gasteiger partial charge in [0.2, 0.25) is 10.0 Å². The molecule has 1 rings (SSSR count). The monoisotopic (exact) mass is 291 g/mol. The van der Waals surface area contributed by atoms with Crippen molar-refractivity contribution in [2.45, 2.75) is 13.8 Å². The summed E-state index contributed by atoms with van der Waals surface area (Å²) < 4.78 is 31.1. The molecule has 1 aromatic rings. The molecule has 0 spiro atoms. The van der Waals surface area contributed by atoms with Crippen molar-refractivity contribution in [1.29, 1.82) is 0 Å². The summed E-state index contributed by atoms with van der Waals surface area (Å²) in [6.07, 6.45) is 0. The minimum absolute atomic E-state index is 0.0683. The van der Waals surface area contributed by atoms with Crippen molar-refractivity contribution in [2.24, 2.45) is 5.92 Å². The Morgan fingerprint density at radius 1 is 1.39 bits per heavy atom. The van der Waals surface area contributed by atoms with Crippen LogP contribution < -0.4 is 9.46 Å². The van der Waals surface area contributed by atoms with Gasteiger partial charge >= 0.3 is 0 Å². The molecule has 0 heterocycles. The average molecular weight is 292 g/mol. The highest BCUT2D eigenvalue weighted by Gasteiger charge is 2.09. The van der Waals surface area contributed by atoms with E-state index in [4.69, 9.17) is 16.3 Å². The van der Waals surface area contributed by atoms with E-state index < -0.39 is 10.0 Å². The van der Waals surface area contributed by atoms with Gasteiger partial charge in [0.05, 0.1) is 18.0 Å². The molecule has 1 N–H and O–H groups in total. The number of rotatable bonds is 7. The zero-order valence-corrected chi connectivity index (χ0v) is 12.1. The minimum atomic E-state index is -3.37. The van der Waals surface area contributed by atoms with E-state index in [-0.39, 0.29) is 11.6 Å². The fraction of sp³-hybridized carbons (Fsp3) is 0.500. The second kappa shape index (κ2) is 6.85. The zero-order valence-electron chi connectivity index (χ0n) is 10.5. The quantitative estimate of drug-likeness (QED) is 0.786. The molecule has 0 unspecified atom stereocenters. The molecule has 18 heavy (non-hydrogen) atoms. The number of hydrogen-bond acceptors (Lipinski definition) is 3. The maximum absolute atomic E-state index is 11.5. The Hall–Kier alpha value is -0.940. The predicted molar refractivity (Wildman–Crippen MR) is 74.9 cm³/mol. The lowest BCUT2D eigenvalue weighted by Crippen LogP contribution is -2.17. The molecule has 0 aromatic heterocycles. The summed E-state index contributed by atoms with van der Waals surface area (Å²) in [5, 5.41) is 0. The first kappa shape index (κ1) is 15.1. The zero-order chi connectivity index (χ0) is 13.6. The van der Waals surface area contributed by atoms with Gasteiger partial charge in [-0.15, -0.1) is 11.6 Å². The fourth-order valence-corrected chi connectivity index (χ4v) is 2.65. The minimum Gasteiger partial charge on any atom is -0.493 e. The normalized spacial score (nSPS) is 11.6. The summed E-state index contributed by atoms with van der Waals surface area (Å²) in [6.45, 7) is 4.69. The maximum atomic E-state index is 11.5. The third-order valence-corrected chi connectivity index (χ3v) is 3.74. The smallest absolute Gasteiger partial charge is 0.233 e. The number of benzene rings is 1. The van der Waals surface area contributed by atoms with Crippen molar-refractivity contribution < 1.29 is 13.2 Å². The molecular weight excluding hydrogens is 274 g/mol. The fourth-order valence-electron chi connectivity index (χ4n) is 1.24. The van der Waals surface area contributed by atoms with Gasteiger partial charge in [0.1, 0.15) is 5.75 Å². The molecule has 0 atom stereocenters. The molecule has 0 aliphatic rings. The standard InChI is InChI=1S/C12H18ClNO3S/c1-10(2)9-17-12-5-3-4-11(8-12)14-18(15,16)7-6-13/h3-5,8,10,14H,6-7,9H2,1-2H3. The molecule has 0 fully saturated rings. The second-order valence-electron chi connectivity index (χ2n) is 4.34. The third kappa shape index (κ3) is 5.60. The van der Waals surface area contributed by atoms with Crippen molar-refractivity contribution in [3.8, 4) is 5.75 Å². The molecule has 0 amide bonds. The highest BCUT2D eigenvalue weighted by Crippen LogP contribution is 2.19. The number of halogens is 1. The number of sulfonamides is 1. The van der Waals surface area contributed by atoms with Gasteiger partial charge in [0.25, 0.3) is 0 Å². The van der Waals surface area contributed by atoms with Crippen LogP contribution >= 0.6 is 11.6 Å². The molecule has 4 nitrogen and oxygen atoms in total. The van der Waals surface area contributed by atoms with Crippen molar-refractivity contribution in [3.05, 3.63) is 24.3 Å². The molecule has 102 valence electrons. The van der Waals surface area contributed by atoms with Crippen LogP contribution in [0.2, 0.25) is 0 Å². The second-order valence-corrected chi connectivity index (χ2v) is 6.56. The van der Waals surface area contributed by atoms with E-state index in [1.807, 2.05) is 13.8 Å². The van der Waals surface area contributed by atoms with Crippen LogP contribution in [0.3, 0.4) is 0 Å². The lowest BCUT2D eigenvalue weighted by atomic mass is 10.2. The molecule has 0 bridgehead atoms. The first-order valence-corrected chi connectivity index (χ1v) is 7.91. The number of alkyl halides is 1. The van der Waals surface area contributed by atoms with E-state index in [1.165, 1.54) is 0 Å². The molecule has 0 saturated heterocycles. The van der Waals surface area contributed by atoms with E-state index in [0.717, 1.165) is 0 Å². The Morgan fingerprint density at radius 2 is 2.11 bits per heavy atom. The van der Waals surface area contributed by atoms with Crippen LogP contribution in [0.4, 0.5) is 5.69 Å². The molecular formula is C12H18ClNO3S. The van der Waals surface area contributed by atoms with Crippen LogP contribution in [0.15, 0.2) is 24.3 Å². The van der Waals surface area contributed by atoms with Crippen LogP contribution in [-0.4, -0.2) is 26.7 Å². The molecule has 0 aliphatic carbocycles. The Morgan fingerprint density at radius 3 is 2.72 bits per heavy atom. The van der Waals surface area contributed by atoms with Crippen LogP contribution in [0.1, 0.15) is 13.8 Å². The first-order chi connectivity index (χ1) is 8.43. The average Bonchev–Trinajstić information content (AvgIpc) is 2.26. The lowest BCUT2D eigenvalue weighted by molar-refractivity contribution is 0.271. The Balaban J connectivity index is 2.70. The molecule has 0 aliphatic heterocycles. The summed E-state index contributed by atoms with van der Waals surface area (Å²) in [4.78, 5) is 0. The van der Waals surface area contributed by atoms with Crippen molar-refractivity contribution in [1.82, 2.24) is 0 Å². The molecule has 6 heteroatoms. The van der Waals surface area contributed by atoms with Gasteiger partial charge in [0.15, 0.2) is 0 Å². The van der Waals surface area contributed by atoms with Crippen molar-refractivity contribution >= 4 is 27.3 Å². The topological polar surface area (TPSA) is 55.4 Å². The molecule has 0 radical (unpaired) electrons. The maximum Gasteiger partial charge on any atom is 0.233 e. The van der Waals surface area contributed by atoms with Gasteiger partial charge < -0.3 is 4.74 Å². The number of hydrogen-bond donors (Lipinski definition) is 1. The molecule has 0 saturated carbocycles. The highest BCUT2D eigenvalue weighted by atomic mass is 35.5. The van der Waals surface area contributed by atoms with Gasteiger partial charge in [-0.25, -0.2) is 8.42 Å². The van der Waals surface area contributed by atoms with E-state index in [1.54, 1.807) is 24.3 Å². The van der Waals surface area contributed by atoms with Gasteiger partial charge in [-0.2, -0.15) is 0 Å². The number of ether oxygens (including phenoxy) is 1. The SMILES string of the molecule is CC(C)COc1cccc(NS(=O)(=O)CCCl)c1.